The van der Waals surface area contributed by atoms with E-state index >= 15 is 0 Å². The average Bonchev–Trinajstić information content (AvgIpc) is 2.89. The van der Waals surface area contributed by atoms with E-state index in [1.807, 2.05) is 24.3 Å². The number of carboxylic acid groups (broad SMARTS) is 1. The smallest absolute Gasteiger partial charge is 0.340 e. The Morgan fingerprint density at radius 2 is 1.72 bits per heavy atom. The molecule has 0 fully saturated rings. The van der Waals surface area contributed by atoms with Gasteiger partial charge in [0.1, 0.15) is 0 Å². The van der Waals surface area contributed by atoms with Crippen LogP contribution in [0.4, 0.5) is 0 Å². The van der Waals surface area contributed by atoms with Crippen molar-refractivity contribution in [1.29, 1.82) is 0 Å². The van der Waals surface area contributed by atoms with Gasteiger partial charge < -0.3 is 10.2 Å². The highest BCUT2D eigenvalue weighted by atomic mass is 16.4. The molecule has 3 rings (SSSR count). The number of aromatic carboxylic acids is 1. The summed E-state index contributed by atoms with van der Waals surface area (Å²) in [5.41, 5.74) is 1.63. The van der Waals surface area contributed by atoms with Crippen molar-refractivity contribution in [2.45, 2.75) is 19.8 Å². The molecule has 0 saturated heterocycles. The Balaban J connectivity index is 2.09. The average molecular weight is 338 g/mol. The van der Waals surface area contributed by atoms with E-state index < -0.39 is 11.7 Å². The number of rotatable bonds is 4. The van der Waals surface area contributed by atoms with Crippen LogP contribution in [-0.2, 0) is 0 Å². The van der Waals surface area contributed by atoms with E-state index in [1.54, 1.807) is 6.07 Å². The maximum absolute atomic E-state index is 12.7. The first-order valence-electron chi connectivity index (χ1n) is 7.86. The number of carboxylic acids is 1. The Morgan fingerprint density at radius 1 is 1.04 bits per heavy atom. The van der Waals surface area contributed by atoms with Crippen molar-refractivity contribution in [3.63, 3.8) is 0 Å². The lowest BCUT2D eigenvalue weighted by Crippen LogP contribution is -2.22. The standard InChI is InChI=1S/C19H18N2O4/c1-12(2)13-6-8-15(9-7-13)20-11-17(22)21(19(20)25)16-5-3-4-14(10-16)18(23)24/h3-12,22H,1-2H3,(H,23,24). The maximum atomic E-state index is 12.7. The number of carbonyl (C=O) groups is 1. The number of imidazole rings is 1. The minimum Gasteiger partial charge on any atom is -0.493 e. The second-order valence-electron chi connectivity index (χ2n) is 6.08. The van der Waals surface area contributed by atoms with Crippen LogP contribution in [0.1, 0.15) is 35.7 Å². The summed E-state index contributed by atoms with van der Waals surface area (Å²) in [5, 5.41) is 19.3. The second-order valence-corrected chi connectivity index (χ2v) is 6.08. The predicted octanol–water partition coefficient (Wildman–Crippen LogP) is 3.16. The number of benzene rings is 2. The van der Waals surface area contributed by atoms with E-state index in [1.165, 1.54) is 29.0 Å². The van der Waals surface area contributed by atoms with Crippen molar-refractivity contribution < 1.29 is 15.0 Å². The third-order valence-electron chi connectivity index (χ3n) is 4.06. The molecule has 0 spiro atoms. The Morgan fingerprint density at radius 3 is 2.32 bits per heavy atom. The van der Waals surface area contributed by atoms with E-state index in [4.69, 9.17) is 5.11 Å². The van der Waals surface area contributed by atoms with Gasteiger partial charge in [-0.3, -0.25) is 4.57 Å². The van der Waals surface area contributed by atoms with Gasteiger partial charge in [-0.05, 0) is 41.8 Å². The minimum absolute atomic E-state index is 0.0397. The zero-order valence-corrected chi connectivity index (χ0v) is 13.9. The molecule has 1 heterocycles. The van der Waals surface area contributed by atoms with Gasteiger partial charge in [-0.2, -0.15) is 0 Å². The molecule has 0 saturated carbocycles. The summed E-state index contributed by atoms with van der Waals surface area (Å²) in [5.74, 6) is -0.985. The van der Waals surface area contributed by atoms with Crippen LogP contribution < -0.4 is 5.69 Å². The van der Waals surface area contributed by atoms with Crippen molar-refractivity contribution in [2.24, 2.45) is 0 Å². The topological polar surface area (TPSA) is 84.5 Å². The summed E-state index contributed by atoms with van der Waals surface area (Å²) >= 11 is 0. The van der Waals surface area contributed by atoms with Crippen molar-refractivity contribution in [1.82, 2.24) is 9.13 Å². The van der Waals surface area contributed by atoms with Gasteiger partial charge in [-0.1, -0.05) is 32.0 Å². The first-order chi connectivity index (χ1) is 11.9. The Labute approximate surface area is 144 Å². The highest BCUT2D eigenvalue weighted by Gasteiger charge is 2.15. The number of hydrogen-bond donors (Lipinski definition) is 2. The van der Waals surface area contributed by atoms with E-state index in [0.717, 1.165) is 10.1 Å². The molecule has 0 aliphatic carbocycles. The Kier molecular flexibility index (Phi) is 4.19. The van der Waals surface area contributed by atoms with Crippen LogP contribution in [0.2, 0.25) is 0 Å². The molecule has 0 bridgehead atoms. The lowest BCUT2D eigenvalue weighted by molar-refractivity contribution is 0.0697. The Hall–Kier alpha value is -3.28. The molecular formula is C19H18N2O4. The van der Waals surface area contributed by atoms with Crippen LogP contribution in [-0.4, -0.2) is 25.3 Å². The first-order valence-corrected chi connectivity index (χ1v) is 7.86. The van der Waals surface area contributed by atoms with Crippen LogP contribution >= 0.6 is 0 Å². The normalized spacial score (nSPS) is 11.0. The molecule has 3 aromatic rings. The summed E-state index contributed by atoms with van der Waals surface area (Å²) in [4.78, 5) is 23.8. The molecule has 0 aliphatic heterocycles. The van der Waals surface area contributed by atoms with Gasteiger partial charge in [0.2, 0.25) is 5.88 Å². The number of hydrogen-bond acceptors (Lipinski definition) is 3. The molecule has 2 N–H and O–H groups in total. The third-order valence-corrected chi connectivity index (χ3v) is 4.06. The molecule has 0 amide bonds. The molecule has 0 unspecified atom stereocenters. The second kappa shape index (κ2) is 6.32. The van der Waals surface area contributed by atoms with Gasteiger partial charge in [0, 0.05) is 0 Å². The maximum Gasteiger partial charge on any atom is 0.340 e. The summed E-state index contributed by atoms with van der Waals surface area (Å²) in [6.45, 7) is 4.16. The summed E-state index contributed by atoms with van der Waals surface area (Å²) in [6, 6.07) is 13.4. The van der Waals surface area contributed by atoms with Gasteiger partial charge in [0.05, 0.1) is 23.1 Å². The molecule has 128 valence electrons. The molecule has 2 aromatic carbocycles. The number of aromatic hydroxyl groups is 1. The molecule has 6 nitrogen and oxygen atoms in total. The molecule has 0 aliphatic rings. The molecule has 25 heavy (non-hydrogen) atoms. The van der Waals surface area contributed by atoms with Crippen LogP contribution in [0.5, 0.6) is 5.88 Å². The van der Waals surface area contributed by atoms with E-state index in [9.17, 15) is 14.7 Å². The van der Waals surface area contributed by atoms with Crippen LogP contribution in [0.15, 0.2) is 59.5 Å². The predicted molar refractivity (Wildman–Crippen MR) is 94.1 cm³/mol. The lowest BCUT2D eigenvalue weighted by Gasteiger charge is -2.07. The SMILES string of the molecule is CC(C)c1ccc(-n2cc(O)n(-c3cccc(C(=O)O)c3)c2=O)cc1. The van der Waals surface area contributed by atoms with Gasteiger partial charge in [-0.25, -0.2) is 14.2 Å². The van der Waals surface area contributed by atoms with Crippen molar-refractivity contribution >= 4 is 5.97 Å². The zero-order chi connectivity index (χ0) is 18.1. The first kappa shape index (κ1) is 16.6. The third kappa shape index (κ3) is 3.06. The number of aromatic nitrogens is 2. The zero-order valence-electron chi connectivity index (χ0n) is 13.9. The van der Waals surface area contributed by atoms with Crippen molar-refractivity contribution in [3.8, 4) is 17.3 Å². The van der Waals surface area contributed by atoms with Crippen molar-refractivity contribution in [2.75, 3.05) is 0 Å². The van der Waals surface area contributed by atoms with Gasteiger partial charge in [0.15, 0.2) is 0 Å². The highest BCUT2D eigenvalue weighted by molar-refractivity contribution is 5.88. The van der Waals surface area contributed by atoms with Gasteiger partial charge in [0.25, 0.3) is 0 Å². The van der Waals surface area contributed by atoms with Crippen molar-refractivity contribution in [3.05, 3.63) is 76.3 Å². The summed E-state index contributed by atoms with van der Waals surface area (Å²) in [6.07, 6.45) is 1.32. The molecule has 0 atom stereocenters. The fraction of sp³-hybridized carbons (Fsp3) is 0.158. The fourth-order valence-electron chi connectivity index (χ4n) is 2.66. The minimum atomic E-state index is -1.10. The fourth-order valence-corrected chi connectivity index (χ4v) is 2.66. The molecule has 1 aromatic heterocycles. The summed E-state index contributed by atoms with van der Waals surface area (Å²) in [7, 11) is 0. The quantitative estimate of drug-likeness (QED) is 0.765. The summed E-state index contributed by atoms with van der Waals surface area (Å²) < 4.78 is 2.40. The van der Waals surface area contributed by atoms with Gasteiger partial charge in [-0.15, -0.1) is 0 Å². The van der Waals surface area contributed by atoms with Crippen LogP contribution in [0.25, 0.3) is 11.4 Å². The van der Waals surface area contributed by atoms with Gasteiger partial charge >= 0.3 is 11.7 Å². The highest BCUT2D eigenvalue weighted by Crippen LogP contribution is 2.20. The van der Waals surface area contributed by atoms with E-state index in [2.05, 4.69) is 13.8 Å². The monoisotopic (exact) mass is 338 g/mol. The van der Waals surface area contributed by atoms with E-state index in [-0.39, 0.29) is 11.4 Å². The van der Waals surface area contributed by atoms with E-state index in [0.29, 0.717) is 17.3 Å². The molecule has 0 radical (unpaired) electrons. The number of nitrogens with zero attached hydrogens (tertiary/aromatic N) is 2. The van der Waals surface area contributed by atoms with Crippen LogP contribution in [0.3, 0.4) is 0 Å². The lowest BCUT2D eigenvalue weighted by atomic mass is 10.0. The molecular weight excluding hydrogens is 320 g/mol. The largest absolute Gasteiger partial charge is 0.493 e. The molecule has 6 heteroatoms. The Bertz CT molecular complexity index is 981. The van der Waals surface area contributed by atoms with Crippen LogP contribution in [0, 0.1) is 0 Å².